The Labute approximate surface area is 112 Å². The Kier molecular flexibility index (Phi) is 6.21. The smallest absolute Gasteiger partial charge is 0.315 e. The van der Waals surface area contributed by atoms with Gasteiger partial charge in [0.25, 0.3) is 0 Å². The molecule has 2 amide bonds. The predicted molar refractivity (Wildman–Crippen MR) is 74.0 cm³/mol. The standard InChI is InChI=1S/C13H20N4O2/c1-2-3-9-15-13(18)16-11(12(14)17-19)10-7-5-4-6-8-10/h4-8,11,19H,2-3,9H2,1H3,(H2,14,17)(H2,15,16,18). The lowest BCUT2D eigenvalue weighted by Gasteiger charge is -2.18. The number of amidine groups is 1. The number of carbonyl (C=O) groups is 1. The van der Waals surface area contributed by atoms with Gasteiger partial charge in [0.2, 0.25) is 0 Å². The highest BCUT2D eigenvalue weighted by molar-refractivity contribution is 5.90. The maximum atomic E-state index is 11.7. The van der Waals surface area contributed by atoms with Crippen molar-refractivity contribution in [3.63, 3.8) is 0 Å². The van der Waals surface area contributed by atoms with Crippen molar-refractivity contribution in [1.29, 1.82) is 0 Å². The van der Waals surface area contributed by atoms with Crippen molar-refractivity contribution in [3.8, 4) is 0 Å². The largest absolute Gasteiger partial charge is 0.409 e. The fourth-order valence-corrected chi connectivity index (χ4v) is 1.59. The molecule has 0 aliphatic heterocycles. The minimum absolute atomic E-state index is 0.0585. The number of nitrogens with zero attached hydrogens (tertiary/aromatic N) is 1. The van der Waals surface area contributed by atoms with E-state index >= 15 is 0 Å². The van der Waals surface area contributed by atoms with E-state index in [2.05, 4.69) is 15.8 Å². The number of oxime groups is 1. The monoisotopic (exact) mass is 264 g/mol. The molecule has 0 bridgehead atoms. The normalized spacial score (nSPS) is 12.8. The third-order valence-electron chi connectivity index (χ3n) is 2.64. The Balaban J connectivity index is 2.69. The summed E-state index contributed by atoms with van der Waals surface area (Å²) < 4.78 is 0. The summed E-state index contributed by atoms with van der Waals surface area (Å²) in [5, 5.41) is 17.1. The highest BCUT2D eigenvalue weighted by atomic mass is 16.4. The Morgan fingerprint density at radius 2 is 2.11 bits per heavy atom. The number of unbranched alkanes of at least 4 members (excludes halogenated alkanes) is 1. The minimum Gasteiger partial charge on any atom is -0.409 e. The lowest BCUT2D eigenvalue weighted by atomic mass is 10.1. The second-order valence-corrected chi connectivity index (χ2v) is 4.12. The van der Waals surface area contributed by atoms with Crippen LogP contribution in [0, 0.1) is 0 Å². The summed E-state index contributed by atoms with van der Waals surface area (Å²) in [4.78, 5) is 11.7. The highest BCUT2D eigenvalue weighted by Gasteiger charge is 2.18. The molecule has 5 N–H and O–H groups in total. The first-order valence-corrected chi connectivity index (χ1v) is 6.25. The van der Waals surface area contributed by atoms with Gasteiger partial charge in [-0.1, -0.05) is 48.8 Å². The number of hydrogen-bond donors (Lipinski definition) is 4. The number of amides is 2. The van der Waals surface area contributed by atoms with E-state index in [-0.39, 0.29) is 11.9 Å². The fraction of sp³-hybridized carbons (Fsp3) is 0.385. The van der Waals surface area contributed by atoms with Crippen LogP contribution in [0.15, 0.2) is 35.5 Å². The Morgan fingerprint density at radius 3 is 2.68 bits per heavy atom. The van der Waals surface area contributed by atoms with Gasteiger partial charge in [-0.05, 0) is 12.0 Å². The maximum absolute atomic E-state index is 11.7. The number of carbonyl (C=O) groups excluding carboxylic acids is 1. The molecular weight excluding hydrogens is 244 g/mol. The van der Waals surface area contributed by atoms with Crippen LogP contribution in [0.3, 0.4) is 0 Å². The number of nitrogens with one attached hydrogen (secondary N) is 2. The zero-order chi connectivity index (χ0) is 14.1. The highest BCUT2D eigenvalue weighted by Crippen LogP contribution is 2.12. The average Bonchev–Trinajstić information content (AvgIpc) is 2.45. The second-order valence-electron chi connectivity index (χ2n) is 4.12. The summed E-state index contributed by atoms with van der Waals surface area (Å²) in [6.45, 7) is 2.64. The van der Waals surface area contributed by atoms with Crippen LogP contribution in [0.2, 0.25) is 0 Å². The van der Waals surface area contributed by atoms with Gasteiger partial charge >= 0.3 is 6.03 Å². The van der Waals surface area contributed by atoms with Crippen molar-refractivity contribution in [1.82, 2.24) is 10.6 Å². The van der Waals surface area contributed by atoms with Gasteiger partial charge in [-0.3, -0.25) is 0 Å². The number of benzene rings is 1. The molecule has 1 unspecified atom stereocenters. The molecule has 0 fully saturated rings. The number of urea groups is 1. The molecular formula is C13H20N4O2. The molecule has 0 aliphatic rings. The SMILES string of the molecule is CCCCNC(=O)NC(/C(N)=N/O)c1ccccc1. The van der Waals surface area contributed by atoms with Crippen LogP contribution >= 0.6 is 0 Å². The lowest BCUT2D eigenvalue weighted by molar-refractivity contribution is 0.239. The van der Waals surface area contributed by atoms with Gasteiger partial charge in [-0.2, -0.15) is 0 Å². The van der Waals surface area contributed by atoms with Crippen LogP contribution < -0.4 is 16.4 Å². The maximum Gasteiger partial charge on any atom is 0.315 e. The zero-order valence-electron chi connectivity index (χ0n) is 11.0. The summed E-state index contributed by atoms with van der Waals surface area (Å²) in [6, 6.07) is 8.12. The summed E-state index contributed by atoms with van der Waals surface area (Å²) in [5.74, 6) is -0.0585. The van der Waals surface area contributed by atoms with Crippen LogP contribution in [0.1, 0.15) is 31.4 Å². The average molecular weight is 264 g/mol. The van der Waals surface area contributed by atoms with Gasteiger partial charge in [0, 0.05) is 6.54 Å². The van der Waals surface area contributed by atoms with Gasteiger partial charge in [0.05, 0.1) is 0 Å². The first-order valence-electron chi connectivity index (χ1n) is 6.25. The van der Waals surface area contributed by atoms with Crippen molar-refractivity contribution >= 4 is 11.9 Å². The van der Waals surface area contributed by atoms with Crippen molar-refractivity contribution < 1.29 is 10.0 Å². The van der Waals surface area contributed by atoms with Crippen LogP contribution in [-0.2, 0) is 0 Å². The lowest BCUT2D eigenvalue weighted by Crippen LogP contribution is -2.43. The third-order valence-corrected chi connectivity index (χ3v) is 2.64. The van der Waals surface area contributed by atoms with Gasteiger partial charge in [0.15, 0.2) is 5.84 Å². The van der Waals surface area contributed by atoms with E-state index < -0.39 is 6.04 Å². The summed E-state index contributed by atoms with van der Waals surface area (Å²) in [5.41, 5.74) is 6.36. The number of rotatable bonds is 6. The van der Waals surface area contributed by atoms with E-state index in [1.54, 1.807) is 12.1 Å². The molecule has 0 aromatic heterocycles. The molecule has 1 rings (SSSR count). The molecule has 6 nitrogen and oxygen atoms in total. The summed E-state index contributed by atoms with van der Waals surface area (Å²) in [7, 11) is 0. The van der Waals surface area contributed by atoms with Crippen molar-refractivity contribution in [2.24, 2.45) is 10.9 Å². The third kappa shape index (κ3) is 4.87. The topological polar surface area (TPSA) is 99.7 Å². The summed E-state index contributed by atoms with van der Waals surface area (Å²) in [6.07, 6.45) is 1.91. The molecule has 19 heavy (non-hydrogen) atoms. The number of nitrogens with two attached hydrogens (primary N) is 1. The molecule has 0 spiro atoms. The Hall–Kier alpha value is -2.24. The molecule has 0 saturated carbocycles. The number of hydrogen-bond acceptors (Lipinski definition) is 3. The predicted octanol–water partition coefficient (Wildman–Crippen LogP) is 1.57. The molecule has 1 aromatic carbocycles. The van der Waals surface area contributed by atoms with Crippen LogP contribution in [-0.4, -0.2) is 23.6 Å². The molecule has 104 valence electrons. The first kappa shape index (κ1) is 14.8. The van der Waals surface area contributed by atoms with E-state index in [0.717, 1.165) is 18.4 Å². The van der Waals surface area contributed by atoms with Crippen molar-refractivity contribution in [2.45, 2.75) is 25.8 Å². The quantitative estimate of drug-likeness (QED) is 0.206. The molecule has 0 heterocycles. The van der Waals surface area contributed by atoms with Crippen LogP contribution in [0.25, 0.3) is 0 Å². The van der Waals surface area contributed by atoms with Gasteiger partial charge in [-0.15, -0.1) is 0 Å². The zero-order valence-corrected chi connectivity index (χ0v) is 11.0. The minimum atomic E-state index is -0.646. The van der Waals surface area contributed by atoms with E-state index in [1.165, 1.54) is 0 Å². The van der Waals surface area contributed by atoms with Crippen LogP contribution in [0.5, 0.6) is 0 Å². The van der Waals surface area contributed by atoms with E-state index in [4.69, 9.17) is 10.9 Å². The second kappa shape index (κ2) is 7.97. The van der Waals surface area contributed by atoms with E-state index in [9.17, 15) is 4.79 Å². The molecule has 0 aliphatic carbocycles. The van der Waals surface area contributed by atoms with Gasteiger partial charge in [0.1, 0.15) is 6.04 Å². The van der Waals surface area contributed by atoms with Crippen molar-refractivity contribution in [2.75, 3.05) is 6.54 Å². The summed E-state index contributed by atoms with van der Waals surface area (Å²) >= 11 is 0. The van der Waals surface area contributed by atoms with E-state index in [0.29, 0.717) is 6.54 Å². The van der Waals surface area contributed by atoms with Crippen molar-refractivity contribution in [3.05, 3.63) is 35.9 Å². The fourth-order valence-electron chi connectivity index (χ4n) is 1.59. The first-order chi connectivity index (χ1) is 9.19. The molecule has 0 radical (unpaired) electrons. The molecule has 1 atom stereocenters. The Morgan fingerprint density at radius 1 is 1.42 bits per heavy atom. The van der Waals surface area contributed by atoms with Gasteiger partial charge in [-0.25, -0.2) is 4.79 Å². The van der Waals surface area contributed by atoms with Gasteiger partial charge < -0.3 is 21.6 Å². The van der Waals surface area contributed by atoms with E-state index in [1.807, 2.05) is 25.1 Å². The molecule has 0 saturated heterocycles. The Bertz CT molecular complexity index is 420. The van der Waals surface area contributed by atoms with Crippen LogP contribution in [0.4, 0.5) is 4.79 Å². The molecule has 1 aromatic rings. The molecule has 6 heteroatoms.